The van der Waals surface area contributed by atoms with Crippen molar-refractivity contribution < 1.29 is 4.79 Å². The van der Waals surface area contributed by atoms with E-state index >= 15 is 0 Å². The van der Waals surface area contributed by atoms with Gasteiger partial charge in [-0.25, -0.2) is 0 Å². The highest BCUT2D eigenvalue weighted by atomic mass is 16.1. The van der Waals surface area contributed by atoms with Crippen LogP contribution in [0.15, 0.2) is 18.2 Å². The molecule has 0 radical (unpaired) electrons. The van der Waals surface area contributed by atoms with Crippen LogP contribution in [-0.4, -0.2) is 25.4 Å². The third-order valence-corrected chi connectivity index (χ3v) is 3.37. The summed E-state index contributed by atoms with van der Waals surface area (Å²) in [5.41, 5.74) is 3.12. The molecule has 2 aliphatic rings. The summed E-state index contributed by atoms with van der Waals surface area (Å²) in [6, 6.07) is 6.55. The third kappa shape index (κ3) is 1.30. The molecule has 1 atom stereocenters. The van der Waals surface area contributed by atoms with E-state index in [-0.39, 0.29) is 0 Å². The van der Waals surface area contributed by atoms with Crippen molar-refractivity contribution in [1.29, 1.82) is 0 Å². The number of hydrogen-bond acceptors (Lipinski definition) is 3. The lowest BCUT2D eigenvalue weighted by Crippen LogP contribution is -2.39. The molecule has 3 nitrogen and oxygen atoms in total. The van der Waals surface area contributed by atoms with Crippen molar-refractivity contribution in [2.45, 2.75) is 18.9 Å². The number of nitrogens with zero attached hydrogens (tertiary/aromatic N) is 1. The Labute approximate surface area is 89.1 Å². The lowest BCUT2D eigenvalue weighted by molar-refractivity contribution is 0.112. The minimum atomic E-state index is 0.652. The van der Waals surface area contributed by atoms with Crippen molar-refractivity contribution in [2.24, 2.45) is 0 Å². The van der Waals surface area contributed by atoms with Crippen LogP contribution in [0.25, 0.3) is 0 Å². The van der Waals surface area contributed by atoms with Gasteiger partial charge in [-0.15, -0.1) is 0 Å². The lowest BCUT2D eigenvalue weighted by atomic mass is 10.1. The molecule has 3 rings (SSSR count). The van der Waals surface area contributed by atoms with E-state index in [9.17, 15) is 4.79 Å². The second kappa shape index (κ2) is 3.26. The van der Waals surface area contributed by atoms with Gasteiger partial charge in [0.25, 0.3) is 0 Å². The Morgan fingerprint density at radius 3 is 3.27 bits per heavy atom. The van der Waals surface area contributed by atoms with Crippen molar-refractivity contribution in [3.8, 4) is 0 Å². The van der Waals surface area contributed by atoms with Crippen LogP contribution in [0.5, 0.6) is 0 Å². The average molecular weight is 202 g/mol. The smallest absolute Gasteiger partial charge is 0.150 e. The van der Waals surface area contributed by atoms with Crippen LogP contribution >= 0.6 is 0 Å². The van der Waals surface area contributed by atoms with E-state index in [4.69, 9.17) is 0 Å². The van der Waals surface area contributed by atoms with E-state index in [2.05, 4.69) is 16.3 Å². The summed E-state index contributed by atoms with van der Waals surface area (Å²) in [6.45, 7) is 2.16. The highest BCUT2D eigenvalue weighted by Crippen LogP contribution is 2.36. The van der Waals surface area contributed by atoms with Crippen molar-refractivity contribution in [3.63, 3.8) is 0 Å². The van der Waals surface area contributed by atoms with Crippen molar-refractivity contribution >= 4 is 17.7 Å². The Morgan fingerprint density at radius 2 is 2.40 bits per heavy atom. The Kier molecular flexibility index (Phi) is 1.91. The zero-order valence-electron chi connectivity index (χ0n) is 8.57. The molecule has 2 aliphatic heterocycles. The summed E-state index contributed by atoms with van der Waals surface area (Å²) < 4.78 is 0. The molecule has 1 aromatic rings. The molecule has 1 saturated heterocycles. The molecule has 0 saturated carbocycles. The minimum absolute atomic E-state index is 0.652. The molecule has 0 aliphatic carbocycles. The first-order valence-corrected chi connectivity index (χ1v) is 5.48. The van der Waals surface area contributed by atoms with Gasteiger partial charge in [-0.1, -0.05) is 0 Å². The monoisotopic (exact) mass is 202 g/mol. The second-order valence-corrected chi connectivity index (χ2v) is 4.26. The Morgan fingerprint density at radius 1 is 1.47 bits per heavy atom. The number of rotatable bonds is 1. The predicted molar refractivity (Wildman–Crippen MR) is 60.7 cm³/mol. The van der Waals surface area contributed by atoms with Crippen LogP contribution in [0.3, 0.4) is 0 Å². The van der Waals surface area contributed by atoms with Crippen molar-refractivity contribution in [2.75, 3.05) is 23.3 Å². The van der Waals surface area contributed by atoms with Gasteiger partial charge >= 0.3 is 0 Å². The number of hydrogen-bond donors (Lipinski definition) is 1. The number of carbonyl (C=O) groups is 1. The Bertz CT molecular complexity index is 403. The van der Waals surface area contributed by atoms with Gasteiger partial charge in [-0.3, -0.25) is 4.79 Å². The van der Waals surface area contributed by atoms with Crippen LogP contribution < -0.4 is 10.2 Å². The van der Waals surface area contributed by atoms with Gasteiger partial charge in [0.15, 0.2) is 0 Å². The molecule has 1 fully saturated rings. The standard InChI is InChI=1S/C12H14N2O/c15-8-9-3-4-12-11(6-9)13-7-10-2-1-5-14(10)12/h3-4,6,8,10,13H,1-2,5,7H2. The van der Waals surface area contributed by atoms with E-state index < -0.39 is 0 Å². The van der Waals surface area contributed by atoms with Crippen LogP contribution in [0, 0.1) is 0 Å². The number of benzene rings is 1. The zero-order valence-corrected chi connectivity index (χ0v) is 8.57. The topological polar surface area (TPSA) is 32.3 Å². The highest BCUT2D eigenvalue weighted by molar-refractivity contribution is 5.83. The summed E-state index contributed by atoms with van der Waals surface area (Å²) in [6.07, 6.45) is 3.46. The summed E-state index contributed by atoms with van der Waals surface area (Å²) in [5, 5.41) is 3.41. The fraction of sp³-hybridized carbons (Fsp3) is 0.417. The summed E-state index contributed by atoms with van der Waals surface area (Å²) in [7, 11) is 0. The molecule has 0 amide bonds. The van der Waals surface area contributed by atoms with E-state index in [1.54, 1.807) is 0 Å². The van der Waals surface area contributed by atoms with E-state index in [1.807, 2.05) is 12.1 Å². The van der Waals surface area contributed by atoms with Crippen LogP contribution in [0.4, 0.5) is 11.4 Å². The number of fused-ring (bicyclic) bond motifs is 3. The van der Waals surface area contributed by atoms with Gasteiger partial charge in [0.05, 0.1) is 11.4 Å². The quantitative estimate of drug-likeness (QED) is 0.706. The molecule has 1 aromatic carbocycles. The van der Waals surface area contributed by atoms with E-state index in [0.717, 1.165) is 30.6 Å². The minimum Gasteiger partial charge on any atom is -0.381 e. The zero-order chi connectivity index (χ0) is 10.3. The van der Waals surface area contributed by atoms with Crippen LogP contribution in [0.1, 0.15) is 23.2 Å². The van der Waals surface area contributed by atoms with Gasteiger partial charge in [0.1, 0.15) is 6.29 Å². The summed E-state index contributed by atoms with van der Waals surface area (Å²) in [4.78, 5) is 13.1. The number of carbonyl (C=O) groups excluding carboxylic acids is 1. The van der Waals surface area contributed by atoms with Crippen molar-refractivity contribution in [3.05, 3.63) is 23.8 Å². The molecule has 2 heterocycles. The number of anilines is 2. The molecule has 0 bridgehead atoms. The maximum absolute atomic E-state index is 10.7. The van der Waals surface area contributed by atoms with E-state index in [0.29, 0.717) is 6.04 Å². The summed E-state index contributed by atoms with van der Waals surface area (Å²) in [5.74, 6) is 0. The summed E-state index contributed by atoms with van der Waals surface area (Å²) >= 11 is 0. The molecule has 0 aromatic heterocycles. The number of nitrogens with one attached hydrogen (secondary N) is 1. The Hall–Kier alpha value is -1.51. The van der Waals surface area contributed by atoms with Crippen LogP contribution in [-0.2, 0) is 0 Å². The van der Waals surface area contributed by atoms with E-state index in [1.165, 1.54) is 18.5 Å². The third-order valence-electron chi connectivity index (χ3n) is 3.37. The molecule has 3 heteroatoms. The normalized spacial score (nSPS) is 22.9. The van der Waals surface area contributed by atoms with Crippen molar-refractivity contribution in [1.82, 2.24) is 0 Å². The molecular weight excluding hydrogens is 188 g/mol. The van der Waals surface area contributed by atoms with Gasteiger partial charge in [-0.2, -0.15) is 0 Å². The maximum Gasteiger partial charge on any atom is 0.150 e. The maximum atomic E-state index is 10.7. The first-order valence-electron chi connectivity index (χ1n) is 5.48. The first-order chi connectivity index (χ1) is 7.38. The predicted octanol–water partition coefficient (Wildman–Crippen LogP) is 1.89. The molecule has 15 heavy (non-hydrogen) atoms. The van der Waals surface area contributed by atoms with Gasteiger partial charge in [-0.05, 0) is 31.0 Å². The molecule has 78 valence electrons. The largest absolute Gasteiger partial charge is 0.381 e. The second-order valence-electron chi connectivity index (χ2n) is 4.26. The average Bonchev–Trinajstić information content (AvgIpc) is 2.76. The molecule has 1 unspecified atom stereocenters. The molecule has 0 spiro atoms. The highest BCUT2D eigenvalue weighted by Gasteiger charge is 2.29. The van der Waals surface area contributed by atoms with Gasteiger partial charge < -0.3 is 10.2 Å². The van der Waals surface area contributed by atoms with Crippen LogP contribution in [0.2, 0.25) is 0 Å². The first kappa shape index (κ1) is 8.77. The Balaban J connectivity index is 2.03. The SMILES string of the molecule is O=Cc1ccc2c(c1)NCC1CCCN21. The lowest BCUT2D eigenvalue weighted by Gasteiger charge is -2.34. The fourth-order valence-corrected chi connectivity index (χ4v) is 2.61. The fourth-order valence-electron chi connectivity index (χ4n) is 2.61. The molecule has 1 N–H and O–H groups in total. The van der Waals surface area contributed by atoms with Gasteiger partial charge in [0.2, 0.25) is 0 Å². The molecular formula is C12H14N2O. The van der Waals surface area contributed by atoms with Gasteiger partial charge in [0, 0.05) is 24.7 Å². The number of aldehydes is 1.